The van der Waals surface area contributed by atoms with Gasteiger partial charge in [0.1, 0.15) is 4.88 Å². The summed E-state index contributed by atoms with van der Waals surface area (Å²) in [6.45, 7) is 3.29. The minimum absolute atomic E-state index is 0.171. The summed E-state index contributed by atoms with van der Waals surface area (Å²) in [7, 11) is 0. The molecule has 0 aliphatic rings. The van der Waals surface area contributed by atoms with Gasteiger partial charge in [0.15, 0.2) is 0 Å². The maximum absolute atomic E-state index is 11.0. The Kier molecular flexibility index (Phi) is 3.47. The van der Waals surface area contributed by atoms with Crippen molar-refractivity contribution in [3.05, 3.63) is 23.6 Å². The van der Waals surface area contributed by atoms with Gasteiger partial charge in [0.25, 0.3) is 16.3 Å². The summed E-state index contributed by atoms with van der Waals surface area (Å²) in [5.41, 5.74) is 0.359. The Bertz CT molecular complexity index is 399. The van der Waals surface area contributed by atoms with Gasteiger partial charge in [-0.15, -0.1) is 0 Å². The number of carboxylic acids is 1. The highest BCUT2D eigenvalue weighted by Crippen LogP contribution is 2.19. The molecule has 0 radical (unpaired) electrons. The molecule has 0 atom stereocenters. The highest BCUT2D eigenvalue weighted by atomic mass is 32.1. The van der Waals surface area contributed by atoms with Gasteiger partial charge in [0.2, 0.25) is 5.91 Å². The van der Waals surface area contributed by atoms with E-state index in [9.17, 15) is 9.59 Å². The number of carbonyl (C=O) groups is 2. The summed E-state index contributed by atoms with van der Waals surface area (Å²) in [6.07, 6.45) is 1.11. The summed E-state index contributed by atoms with van der Waals surface area (Å²) < 4.78 is 0.974. The van der Waals surface area contributed by atoms with Crippen LogP contribution in [0.25, 0.3) is 0 Å². The number of rotatable bonds is 3. The third kappa shape index (κ3) is 2.45. The minimum atomic E-state index is -1.02. The van der Waals surface area contributed by atoms with Gasteiger partial charge in [0.05, 0.1) is 5.69 Å². The van der Waals surface area contributed by atoms with E-state index < -0.39 is 11.9 Å². The Morgan fingerprint density at radius 1 is 1.64 bits per heavy atom. The standard InChI is InChI=1S/C8H6NO3S.Al.2H/c1-2-6(10)9-5-3-4-13-7(5)8(11)12;;;/h2-3H,1H2,(H,9,10)(H,11,12);;;. The van der Waals surface area contributed by atoms with E-state index >= 15 is 0 Å². The fourth-order valence-corrected chi connectivity index (χ4v) is 2.66. The van der Waals surface area contributed by atoms with E-state index in [2.05, 4.69) is 11.9 Å². The number of amides is 1. The van der Waals surface area contributed by atoms with Gasteiger partial charge in [0, 0.05) is 0 Å². The molecule has 2 N–H and O–H groups in total. The first-order valence-electron chi connectivity index (χ1n) is 3.81. The van der Waals surface area contributed by atoms with Crippen LogP contribution in [0.1, 0.15) is 9.67 Å². The lowest BCUT2D eigenvalue weighted by molar-refractivity contribution is -0.111. The number of aromatic carboxylic acids is 1. The van der Waals surface area contributed by atoms with Crippen molar-refractivity contribution < 1.29 is 14.7 Å². The van der Waals surface area contributed by atoms with Crippen LogP contribution in [0.4, 0.5) is 5.69 Å². The van der Waals surface area contributed by atoms with Gasteiger partial charge in [-0.05, 0) is 12.1 Å². The van der Waals surface area contributed by atoms with Crippen LogP contribution in [0.2, 0.25) is 0 Å². The van der Waals surface area contributed by atoms with E-state index in [4.69, 9.17) is 5.11 Å². The summed E-state index contributed by atoms with van der Waals surface area (Å²) in [5.74, 6) is -1.41. The average Bonchev–Trinajstić information content (AvgIpc) is 2.46. The lowest BCUT2D eigenvalue weighted by Gasteiger charge is -1.99. The van der Waals surface area contributed by atoms with Crippen molar-refractivity contribution in [3.8, 4) is 0 Å². The van der Waals surface area contributed by atoms with Crippen molar-refractivity contribution in [1.82, 2.24) is 0 Å². The predicted octanol–water partition coefficient (Wildman–Crippen LogP) is -0.171. The summed E-state index contributed by atoms with van der Waals surface area (Å²) >= 11 is 1.96. The van der Waals surface area contributed by atoms with E-state index in [-0.39, 0.29) is 4.88 Å². The maximum Gasteiger partial charge on any atom is 0.347 e. The fourth-order valence-electron chi connectivity index (χ4n) is 0.950. The SMILES string of the molecule is C=CC(=O)Nc1c[c]([AlH2])sc1C(=O)O. The van der Waals surface area contributed by atoms with Crippen LogP contribution in [-0.4, -0.2) is 33.3 Å². The lowest BCUT2D eigenvalue weighted by Crippen LogP contribution is -2.09. The summed E-state index contributed by atoms with van der Waals surface area (Å²) in [6, 6.07) is 1.68. The van der Waals surface area contributed by atoms with Crippen LogP contribution < -0.4 is 9.06 Å². The van der Waals surface area contributed by atoms with E-state index in [1.54, 1.807) is 6.07 Å². The molecule has 1 heterocycles. The molecule has 14 heavy (non-hydrogen) atoms. The van der Waals surface area contributed by atoms with Crippen LogP contribution in [-0.2, 0) is 4.79 Å². The van der Waals surface area contributed by atoms with Gasteiger partial charge in [-0.2, -0.15) is 11.3 Å². The molecule has 0 aliphatic carbocycles. The van der Waals surface area contributed by atoms with E-state index in [1.165, 1.54) is 11.3 Å². The van der Waals surface area contributed by atoms with Crippen molar-refractivity contribution in [1.29, 1.82) is 0 Å². The molecule has 1 amide bonds. The van der Waals surface area contributed by atoms with E-state index in [0.717, 1.165) is 26.1 Å². The molecule has 72 valence electrons. The number of anilines is 1. The zero-order valence-corrected chi connectivity index (χ0v) is 10.4. The highest BCUT2D eigenvalue weighted by molar-refractivity contribution is 7.22. The molecule has 1 aromatic rings. The Morgan fingerprint density at radius 2 is 2.29 bits per heavy atom. The monoisotopic (exact) mass is 225 g/mol. The molecule has 0 unspecified atom stereocenters. The topological polar surface area (TPSA) is 66.4 Å². The number of nitrogens with one attached hydrogen (secondary N) is 1. The van der Waals surface area contributed by atoms with E-state index in [0.29, 0.717) is 5.69 Å². The lowest BCUT2D eigenvalue weighted by atomic mass is 10.4. The first-order valence-corrected chi connectivity index (χ1v) is 5.63. The molecular formula is C8H8AlNO3S. The number of thiophene rings is 1. The molecule has 1 aromatic heterocycles. The number of carbonyl (C=O) groups excluding carboxylic acids is 1. The number of hydrogen-bond acceptors (Lipinski definition) is 3. The molecule has 0 bridgehead atoms. The fraction of sp³-hybridized carbons (Fsp3) is 0. The third-order valence-corrected chi connectivity index (χ3v) is 3.43. The zero-order chi connectivity index (χ0) is 10.7. The molecular weight excluding hydrogens is 217 g/mol. The molecule has 0 fully saturated rings. The first kappa shape index (κ1) is 11.0. The predicted molar refractivity (Wildman–Crippen MR) is 58.3 cm³/mol. The first-order chi connectivity index (χ1) is 6.54. The molecule has 1 rings (SSSR count). The second kappa shape index (κ2) is 4.42. The molecule has 0 spiro atoms. The van der Waals surface area contributed by atoms with Gasteiger partial charge in [-0.1, -0.05) is 10.3 Å². The average molecular weight is 225 g/mol. The second-order valence-electron chi connectivity index (χ2n) is 2.60. The largest absolute Gasteiger partial charge is 0.477 e. The molecule has 0 aromatic carbocycles. The molecule has 0 aliphatic heterocycles. The highest BCUT2D eigenvalue weighted by Gasteiger charge is 2.14. The molecule has 0 saturated heterocycles. The number of hydrogen-bond donors (Lipinski definition) is 2. The minimum Gasteiger partial charge on any atom is -0.477 e. The molecule has 6 heteroatoms. The normalized spacial score (nSPS) is 9.43. The third-order valence-electron chi connectivity index (χ3n) is 1.49. The summed E-state index contributed by atoms with van der Waals surface area (Å²) in [5, 5.41) is 11.3. The molecule has 0 saturated carbocycles. The Balaban J connectivity index is 3.01. The Labute approximate surface area is 92.7 Å². The smallest absolute Gasteiger partial charge is 0.347 e. The van der Waals surface area contributed by atoms with E-state index in [1.807, 2.05) is 0 Å². The molecule has 4 nitrogen and oxygen atoms in total. The second-order valence-corrected chi connectivity index (χ2v) is 5.66. The van der Waals surface area contributed by atoms with Crippen LogP contribution in [0.5, 0.6) is 0 Å². The Morgan fingerprint density at radius 3 is 2.79 bits per heavy atom. The van der Waals surface area contributed by atoms with Crippen molar-refractivity contribution in [2.45, 2.75) is 0 Å². The van der Waals surface area contributed by atoms with Crippen LogP contribution in [0.15, 0.2) is 18.7 Å². The van der Waals surface area contributed by atoms with Crippen LogP contribution >= 0.6 is 11.3 Å². The number of carboxylic acid groups (broad SMARTS) is 1. The van der Waals surface area contributed by atoms with Crippen LogP contribution in [0.3, 0.4) is 0 Å². The van der Waals surface area contributed by atoms with Crippen LogP contribution in [0, 0.1) is 0 Å². The van der Waals surface area contributed by atoms with Gasteiger partial charge >= 0.3 is 5.97 Å². The zero-order valence-electron chi connectivity index (χ0n) is 7.53. The van der Waals surface area contributed by atoms with Crippen molar-refractivity contribution in [2.75, 3.05) is 5.32 Å². The van der Waals surface area contributed by atoms with Crippen molar-refractivity contribution >= 4 is 48.9 Å². The van der Waals surface area contributed by atoms with Gasteiger partial charge in [-0.3, -0.25) is 4.79 Å². The maximum atomic E-state index is 11.0. The Hall–Kier alpha value is -1.09. The van der Waals surface area contributed by atoms with Gasteiger partial charge in [-0.25, -0.2) is 4.79 Å². The quantitative estimate of drug-likeness (QED) is 0.554. The summed E-state index contributed by atoms with van der Waals surface area (Å²) in [4.78, 5) is 21.9. The van der Waals surface area contributed by atoms with Crippen molar-refractivity contribution in [2.24, 2.45) is 0 Å². The van der Waals surface area contributed by atoms with Crippen molar-refractivity contribution in [3.63, 3.8) is 0 Å². The van der Waals surface area contributed by atoms with Gasteiger partial charge < -0.3 is 10.4 Å².